The van der Waals surface area contributed by atoms with Crippen molar-refractivity contribution in [3.63, 3.8) is 0 Å². The van der Waals surface area contributed by atoms with Crippen molar-refractivity contribution in [2.75, 3.05) is 13.1 Å². The first-order chi connectivity index (χ1) is 8.35. The topological polar surface area (TPSA) is 3.24 Å². The fourth-order valence-corrected chi connectivity index (χ4v) is 1.63. The Morgan fingerprint density at radius 2 is 1.83 bits per heavy atom. The maximum Gasteiger partial charge on any atom is 0.0429 e. The van der Waals surface area contributed by atoms with Crippen LogP contribution in [0.4, 0.5) is 0 Å². The molecular formula is C17H29N. The molecule has 0 bridgehead atoms. The van der Waals surface area contributed by atoms with E-state index < -0.39 is 0 Å². The summed E-state index contributed by atoms with van der Waals surface area (Å²) < 4.78 is 0. The monoisotopic (exact) mass is 247 g/mol. The average molecular weight is 247 g/mol. The first kappa shape index (κ1) is 16.8. The highest BCUT2D eigenvalue weighted by Crippen LogP contribution is 2.24. The number of rotatable bonds is 4. The minimum Gasteiger partial charge on any atom is -0.367 e. The minimum atomic E-state index is 0.0733. The predicted molar refractivity (Wildman–Crippen MR) is 83.6 cm³/mol. The summed E-state index contributed by atoms with van der Waals surface area (Å²) in [5, 5.41) is 0. The summed E-state index contributed by atoms with van der Waals surface area (Å²) in [6.45, 7) is 22.4. The summed E-state index contributed by atoms with van der Waals surface area (Å²) in [4.78, 5) is 2.30. The van der Waals surface area contributed by atoms with Gasteiger partial charge in [-0.05, 0) is 25.0 Å². The molecule has 18 heavy (non-hydrogen) atoms. The van der Waals surface area contributed by atoms with E-state index in [0.717, 1.165) is 18.8 Å². The van der Waals surface area contributed by atoms with Gasteiger partial charge in [0.2, 0.25) is 0 Å². The van der Waals surface area contributed by atoms with E-state index in [1.54, 1.807) is 0 Å². The molecule has 0 aromatic heterocycles. The van der Waals surface area contributed by atoms with Gasteiger partial charge < -0.3 is 4.90 Å². The highest BCUT2D eigenvalue weighted by molar-refractivity contribution is 5.34. The molecule has 0 saturated carbocycles. The third kappa shape index (κ3) is 4.95. The molecule has 1 aliphatic heterocycles. The van der Waals surface area contributed by atoms with Crippen LogP contribution in [0, 0.1) is 5.41 Å². The summed E-state index contributed by atoms with van der Waals surface area (Å²) in [6.07, 6.45) is 6.44. The van der Waals surface area contributed by atoms with Crippen molar-refractivity contribution in [1.29, 1.82) is 0 Å². The number of hydrogen-bond acceptors (Lipinski definition) is 1. The zero-order valence-electron chi connectivity index (χ0n) is 13.0. The highest BCUT2D eigenvalue weighted by atomic mass is 15.1. The zero-order chi connectivity index (χ0) is 14.3. The van der Waals surface area contributed by atoms with Gasteiger partial charge in [-0.1, -0.05) is 52.5 Å². The Labute approximate surface area is 114 Å². The fraction of sp³-hybridized carbons (Fsp3) is 0.529. The largest absolute Gasteiger partial charge is 0.367 e. The molecule has 0 aliphatic carbocycles. The van der Waals surface area contributed by atoms with Crippen molar-refractivity contribution >= 4 is 0 Å². The van der Waals surface area contributed by atoms with Crippen LogP contribution in [0.3, 0.4) is 0 Å². The summed E-state index contributed by atoms with van der Waals surface area (Å²) in [7, 11) is 0. The van der Waals surface area contributed by atoms with E-state index in [-0.39, 0.29) is 5.41 Å². The van der Waals surface area contributed by atoms with Crippen molar-refractivity contribution < 1.29 is 0 Å². The summed E-state index contributed by atoms with van der Waals surface area (Å²) in [5.41, 5.74) is 4.08. The molecule has 0 fully saturated rings. The van der Waals surface area contributed by atoms with Crippen LogP contribution in [0.5, 0.6) is 0 Å². The molecule has 0 unspecified atom stereocenters. The van der Waals surface area contributed by atoms with Gasteiger partial charge >= 0.3 is 0 Å². The first-order valence-electron chi connectivity index (χ1n) is 6.77. The van der Waals surface area contributed by atoms with Gasteiger partial charge in [0.1, 0.15) is 0 Å². The normalized spacial score (nSPS) is 15.8. The molecule has 0 aromatic carbocycles. The van der Waals surface area contributed by atoms with E-state index in [9.17, 15) is 0 Å². The molecule has 0 saturated heterocycles. The van der Waals surface area contributed by atoms with Gasteiger partial charge in [-0.25, -0.2) is 0 Å². The van der Waals surface area contributed by atoms with Crippen LogP contribution in [0.2, 0.25) is 0 Å². The molecule has 102 valence electrons. The molecule has 0 atom stereocenters. The molecule has 1 nitrogen and oxygen atoms in total. The van der Waals surface area contributed by atoms with Gasteiger partial charge in [-0.2, -0.15) is 0 Å². The summed E-state index contributed by atoms with van der Waals surface area (Å²) >= 11 is 0. The standard InChI is InChI=1S/C15H23N.C2H6/c1-7-15(5,6)9-8-14-11-16(12(2)3)10-13(14)4;1-2/h7-9H,1-2,10-11H2,3-6H3;1-2H3/b9-8-;. The lowest BCUT2D eigenvalue weighted by Gasteiger charge is -2.18. The second-order valence-electron chi connectivity index (χ2n) is 5.26. The Hall–Kier alpha value is -1.24. The number of nitrogens with zero attached hydrogens (tertiary/aromatic N) is 1. The summed E-state index contributed by atoms with van der Waals surface area (Å²) in [6, 6.07) is 0. The van der Waals surface area contributed by atoms with Gasteiger partial charge in [0.25, 0.3) is 0 Å². The fourth-order valence-electron chi connectivity index (χ4n) is 1.63. The third-order valence-corrected chi connectivity index (χ3v) is 3.12. The molecule has 0 spiro atoms. The van der Waals surface area contributed by atoms with Crippen molar-refractivity contribution in [1.82, 2.24) is 4.90 Å². The quantitative estimate of drug-likeness (QED) is 0.636. The lowest BCUT2D eigenvalue weighted by molar-refractivity contribution is 0.438. The Morgan fingerprint density at radius 1 is 1.28 bits per heavy atom. The van der Waals surface area contributed by atoms with E-state index >= 15 is 0 Å². The Morgan fingerprint density at radius 3 is 2.22 bits per heavy atom. The van der Waals surface area contributed by atoms with Crippen LogP contribution in [0.25, 0.3) is 0 Å². The zero-order valence-corrected chi connectivity index (χ0v) is 13.0. The van der Waals surface area contributed by atoms with Crippen molar-refractivity contribution in [3.05, 3.63) is 48.2 Å². The number of hydrogen-bond donors (Lipinski definition) is 0. The molecule has 1 heterocycles. The second kappa shape index (κ2) is 7.25. The van der Waals surface area contributed by atoms with Crippen LogP contribution in [-0.4, -0.2) is 18.0 Å². The predicted octanol–water partition coefficient (Wildman–Crippen LogP) is 4.95. The minimum absolute atomic E-state index is 0.0733. The molecule has 1 rings (SSSR count). The van der Waals surface area contributed by atoms with Gasteiger partial charge in [0.05, 0.1) is 0 Å². The van der Waals surface area contributed by atoms with Gasteiger partial charge in [0, 0.05) is 24.2 Å². The lowest BCUT2D eigenvalue weighted by Crippen LogP contribution is -2.18. The Balaban J connectivity index is 0.00000137. The van der Waals surface area contributed by atoms with Crippen molar-refractivity contribution in [2.45, 2.75) is 41.5 Å². The van der Waals surface area contributed by atoms with E-state index in [0.29, 0.717) is 0 Å². The second-order valence-corrected chi connectivity index (χ2v) is 5.26. The van der Waals surface area contributed by atoms with E-state index in [2.05, 4.69) is 57.9 Å². The van der Waals surface area contributed by atoms with E-state index in [4.69, 9.17) is 0 Å². The molecule has 1 heteroatoms. The molecule has 0 amide bonds. The Kier molecular flexibility index (Phi) is 6.75. The molecule has 0 aromatic rings. The van der Waals surface area contributed by atoms with E-state index in [1.807, 2.05) is 19.9 Å². The molecule has 1 aliphatic rings. The SMILES string of the molecule is C=CC(C)(C)/C=C\C1=C(C)CN(C(=C)C)C1.CC. The number of allylic oxidation sites excluding steroid dienone is 3. The average Bonchev–Trinajstić information content (AvgIpc) is 2.71. The van der Waals surface area contributed by atoms with Crippen LogP contribution in [-0.2, 0) is 0 Å². The van der Waals surface area contributed by atoms with Gasteiger partial charge in [-0.3, -0.25) is 0 Å². The summed E-state index contributed by atoms with van der Waals surface area (Å²) in [5.74, 6) is 0. The smallest absolute Gasteiger partial charge is 0.0429 e. The molecule has 0 radical (unpaired) electrons. The van der Waals surface area contributed by atoms with Gasteiger partial charge in [-0.15, -0.1) is 6.58 Å². The van der Waals surface area contributed by atoms with Crippen LogP contribution in [0.15, 0.2) is 48.2 Å². The lowest BCUT2D eigenvalue weighted by atomic mass is 9.92. The van der Waals surface area contributed by atoms with Crippen molar-refractivity contribution in [3.8, 4) is 0 Å². The maximum atomic E-state index is 3.99. The molecular weight excluding hydrogens is 218 g/mol. The Bertz CT molecular complexity index is 356. The van der Waals surface area contributed by atoms with Crippen LogP contribution < -0.4 is 0 Å². The third-order valence-electron chi connectivity index (χ3n) is 3.12. The molecule has 0 N–H and O–H groups in total. The van der Waals surface area contributed by atoms with Crippen molar-refractivity contribution in [2.24, 2.45) is 5.41 Å². The van der Waals surface area contributed by atoms with Crippen LogP contribution in [0.1, 0.15) is 41.5 Å². The maximum absolute atomic E-state index is 3.99. The van der Waals surface area contributed by atoms with Crippen LogP contribution >= 0.6 is 0 Å². The van der Waals surface area contributed by atoms with Gasteiger partial charge in [0.15, 0.2) is 0 Å². The first-order valence-corrected chi connectivity index (χ1v) is 6.77. The highest BCUT2D eigenvalue weighted by Gasteiger charge is 2.17. The van der Waals surface area contributed by atoms with E-state index in [1.165, 1.54) is 11.1 Å².